The SMILES string of the molecule is CC(C)c1[nH]nc(C(=O)NCc2ccc(OC3CCCC3)nc2)c1Br. The molecule has 0 atom stereocenters. The minimum absolute atomic E-state index is 0.221. The standard InChI is InChI=1S/C18H23BrN4O2/c1-11(2)16-15(19)17(23-22-16)18(24)21-10-12-7-8-14(20-9-12)25-13-5-3-4-6-13/h7-9,11,13H,3-6,10H2,1-2H3,(H,21,24)(H,22,23). The van der Waals surface area contributed by atoms with Gasteiger partial charge in [0.1, 0.15) is 6.10 Å². The third-order valence-electron chi connectivity index (χ3n) is 4.37. The van der Waals surface area contributed by atoms with E-state index in [0.29, 0.717) is 24.2 Å². The average molecular weight is 407 g/mol. The number of carbonyl (C=O) groups is 1. The summed E-state index contributed by atoms with van der Waals surface area (Å²) in [5.74, 6) is 0.694. The lowest BCUT2D eigenvalue weighted by atomic mass is 10.1. The summed E-state index contributed by atoms with van der Waals surface area (Å²) in [5.41, 5.74) is 2.21. The molecule has 2 heterocycles. The van der Waals surface area contributed by atoms with Crippen molar-refractivity contribution >= 4 is 21.8 Å². The van der Waals surface area contributed by atoms with Crippen LogP contribution in [0.5, 0.6) is 5.88 Å². The van der Waals surface area contributed by atoms with Gasteiger partial charge in [0.25, 0.3) is 5.91 Å². The van der Waals surface area contributed by atoms with Gasteiger partial charge < -0.3 is 10.1 Å². The van der Waals surface area contributed by atoms with Gasteiger partial charge in [0.2, 0.25) is 5.88 Å². The summed E-state index contributed by atoms with van der Waals surface area (Å²) in [4.78, 5) is 16.6. The molecule has 0 unspecified atom stereocenters. The van der Waals surface area contributed by atoms with Crippen molar-refractivity contribution in [3.8, 4) is 5.88 Å². The summed E-state index contributed by atoms with van der Waals surface area (Å²) < 4.78 is 6.57. The predicted molar refractivity (Wildman–Crippen MR) is 98.7 cm³/mol. The number of hydrogen-bond acceptors (Lipinski definition) is 4. The van der Waals surface area contributed by atoms with Crippen molar-refractivity contribution in [2.75, 3.05) is 0 Å². The smallest absolute Gasteiger partial charge is 0.273 e. The average Bonchev–Trinajstić information content (AvgIpc) is 3.23. The fourth-order valence-electron chi connectivity index (χ4n) is 2.90. The summed E-state index contributed by atoms with van der Waals surface area (Å²) in [7, 11) is 0. The molecule has 1 fully saturated rings. The van der Waals surface area contributed by atoms with Crippen LogP contribution in [0.2, 0.25) is 0 Å². The van der Waals surface area contributed by atoms with E-state index in [0.717, 1.165) is 28.6 Å². The first-order valence-electron chi connectivity index (χ1n) is 8.68. The van der Waals surface area contributed by atoms with E-state index < -0.39 is 0 Å². The zero-order chi connectivity index (χ0) is 17.8. The number of nitrogens with one attached hydrogen (secondary N) is 2. The zero-order valence-electron chi connectivity index (χ0n) is 14.5. The van der Waals surface area contributed by atoms with E-state index in [4.69, 9.17) is 4.74 Å². The molecule has 1 saturated carbocycles. The molecule has 25 heavy (non-hydrogen) atoms. The number of pyridine rings is 1. The zero-order valence-corrected chi connectivity index (χ0v) is 16.1. The van der Waals surface area contributed by atoms with E-state index in [-0.39, 0.29) is 11.8 Å². The second-order valence-corrected chi connectivity index (χ2v) is 7.46. The van der Waals surface area contributed by atoms with Gasteiger partial charge in [0.15, 0.2) is 5.69 Å². The van der Waals surface area contributed by atoms with Crippen molar-refractivity contribution in [2.24, 2.45) is 0 Å². The molecule has 1 aliphatic rings. The largest absolute Gasteiger partial charge is 0.474 e. The fourth-order valence-corrected chi connectivity index (χ4v) is 3.72. The highest BCUT2D eigenvalue weighted by Gasteiger charge is 2.19. The second-order valence-electron chi connectivity index (χ2n) is 6.67. The normalized spacial score (nSPS) is 14.9. The predicted octanol–water partition coefficient (Wildman–Crippen LogP) is 3.94. The third-order valence-corrected chi connectivity index (χ3v) is 5.17. The van der Waals surface area contributed by atoms with Crippen molar-refractivity contribution in [3.63, 3.8) is 0 Å². The van der Waals surface area contributed by atoms with Crippen LogP contribution in [0.25, 0.3) is 0 Å². The van der Waals surface area contributed by atoms with Crippen LogP contribution < -0.4 is 10.1 Å². The van der Waals surface area contributed by atoms with Crippen molar-refractivity contribution in [2.45, 2.75) is 58.1 Å². The molecule has 0 bridgehead atoms. The molecule has 0 aromatic carbocycles. The summed E-state index contributed by atoms with van der Waals surface area (Å²) in [6, 6.07) is 3.79. The molecule has 3 rings (SSSR count). The number of ether oxygens (including phenoxy) is 1. The Labute approximate surface area is 155 Å². The highest BCUT2D eigenvalue weighted by Crippen LogP contribution is 2.25. The molecular weight excluding hydrogens is 384 g/mol. The van der Waals surface area contributed by atoms with Crippen LogP contribution in [0.1, 0.15) is 67.2 Å². The summed E-state index contributed by atoms with van der Waals surface area (Å²) in [6.07, 6.45) is 6.72. The second kappa shape index (κ2) is 7.99. The Kier molecular flexibility index (Phi) is 5.73. The Hall–Kier alpha value is -1.89. The lowest BCUT2D eigenvalue weighted by Gasteiger charge is -2.12. The summed E-state index contributed by atoms with van der Waals surface area (Å²) in [5, 5.41) is 9.88. The summed E-state index contributed by atoms with van der Waals surface area (Å²) in [6.45, 7) is 4.48. The van der Waals surface area contributed by atoms with Gasteiger partial charge in [-0.15, -0.1) is 0 Å². The number of H-pyrrole nitrogens is 1. The van der Waals surface area contributed by atoms with Crippen molar-refractivity contribution in [1.29, 1.82) is 0 Å². The number of hydrogen-bond donors (Lipinski definition) is 2. The van der Waals surface area contributed by atoms with Crippen LogP contribution in [0.15, 0.2) is 22.8 Å². The van der Waals surface area contributed by atoms with Gasteiger partial charge in [-0.2, -0.15) is 5.10 Å². The van der Waals surface area contributed by atoms with Crippen LogP contribution in [0.4, 0.5) is 0 Å². The molecule has 2 aromatic rings. The van der Waals surface area contributed by atoms with Crippen LogP contribution in [-0.2, 0) is 6.54 Å². The number of aromatic amines is 1. The van der Waals surface area contributed by atoms with Crippen molar-refractivity contribution in [1.82, 2.24) is 20.5 Å². The molecule has 1 aliphatic carbocycles. The minimum Gasteiger partial charge on any atom is -0.474 e. The molecule has 2 N–H and O–H groups in total. The maximum absolute atomic E-state index is 12.3. The Morgan fingerprint density at radius 3 is 2.76 bits per heavy atom. The van der Waals surface area contributed by atoms with Gasteiger partial charge in [-0.25, -0.2) is 4.98 Å². The number of halogens is 1. The lowest BCUT2D eigenvalue weighted by Crippen LogP contribution is -2.23. The quantitative estimate of drug-likeness (QED) is 0.760. The van der Waals surface area contributed by atoms with Crippen LogP contribution in [-0.4, -0.2) is 27.2 Å². The van der Waals surface area contributed by atoms with Gasteiger partial charge in [-0.05, 0) is 53.1 Å². The van der Waals surface area contributed by atoms with E-state index in [1.165, 1.54) is 12.8 Å². The molecule has 2 aromatic heterocycles. The van der Waals surface area contributed by atoms with Gasteiger partial charge in [0.05, 0.1) is 10.2 Å². The molecule has 7 heteroatoms. The first kappa shape index (κ1) is 17.9. The number of aromatic nitrogens is 3. The number of carbonyl (C=O) groups excluding carboxylic acids is 1. The molecule has 0 spiro atoms. The maximum Gasteiger partial charge on any atom is 0.273 e. The first-order chi connectivity index (χ1) is 12.0. The van der Waals surface area contributed by atoms with E-state index in [9.17, 15) is 4.79 Å². The maximum atomic E-state index is 12.3. The topological polar surface area (TPSA) is 79.9 Å². The van der Waals surface area contributed by atoms with E-state index in [1.807, 2.05) is 26.0 Å². The molecule has 134 valence electrons. The highest BCUT2D eigenvalue weighted by atomic mass is 79.9. The number of nitrogens with zero attached hydrogens (tertiary/aromatic N) is 2. The van der Waals surface area contributed by atoms with Gasteiger partial charge in [-0.1, -0.05) is 19.9 Å². The molecule has 1 amide bonds. The van der Waals surface area contributed by atoms with Gasteiger partial charge in [-0.3, -0.25) is 9.89 Å². The lowest BCUT2D eigenvalue weighted by molar-refractivity contribution is 0.0945. The van der Waals surface area contributed by atoms with Crippen molar-refractivity contribution < 1.29 is 9.53 Å². The first-order valence-corrected chi connectivity index (χ1v) is 9.47. The molecule has 0 saturated heterocycles. The Morgan fingerprint density at radius 2 is 2.16 bits per heavy atom. The van der Waals surface area contributed by atoms with Gasteiger partial charge >= 0.3 is 0 Å². The highest BCUT2D eigenvalue weighted by molar-refractivity contribution is 9.10. The number of amides is 1. The number of rotatable bonds is 6. The van der Waals surface area contributed by atoms with Crippen LogP contribution in [0.3, 0.4) is 0 Å². The fraction of sp³-hybridized carbons (Fsp3) is 0.500. The Morgan fingerprint density at radius 1 is 1.40 bits per heavy atom. The van der Waals surface area contributed by atoms with E-state index in [1.54, 1.807) is 6.20 Å². The Balaban J connectivity index is 1.55. The molecule has 0 radical (unpaired) electrons. The summed E-state index contributed by atoms with van der Waals surface area (Å²) >= 11 is 3.45. The molecule has 0 aliphatic heterocycles. The Bertz CT molecular complexity index is 721. The van der Waals surface area contributed by atoms with E-state index in [2.05, 4.69) is 36.4 Å². The minimum atomic E-state index is -0.221. The molecule has 6 nitrogen and oxygen atoms in total. The van der Waals surface area contributed by atoms with Crippen LogP contribution in [0, 0.1) is 0 Å². The van der Waals surface area contributed by atoms with E-state index >= 15 is 0 Å². The van der Waals surface area contributed by atoms with Crippen molar-refractivity contribution in [3.05, 3.63) is 39.8 Å². The monoisotopic (exact) mass is 406 g/mol. The molecular formula is C18H23BrN4O2. The van der Waals surface area contributed by atoms with Crippen LogP contribution >= 0.6 is 15.9 Å². The third kappa shape index (κ3) is 4.39. The van der Waals surface area contributed by atoms with Gasteiger partial charge in [0, 0.05) is 18.8 Å².